The number of hydrogen-bond donors (Lipinski definition) is 0. The molecular formula is C17H21N3OS. The van der Waals surface area contributed by atoms with Crippen LogP contribution in [0.1, 0.15) is 24.0 Å². The summed E-state index contributed by atoms with van der Waals surface area (Å²) in [7, 11) is 0. The van der Waals surface area contributed by atoms with Crippen LogP contribution in [0.5, 0.6) is 0 Å². The molecule has 0 bridgehead atoms. The maximum Gasteiger partial charge on any atom is 0.233 e. The van der Waals surface area contributed by atoms with Crippen LogP contribution in [0.2, 0.25) is 0 Å². The standard InChI is InChI=1S/C17H21N3OS/c1-13-5-6-15(11-14(13)2)20-10-7-18-17(20)22-12-16(21)19-8-3-4-9-19/h5-7,10-11H,3-4,8-9,12H2,1-2H3. The molecule has 0 saturated carbocycles. The van der Waals surface area contributed by atoms with E-state index in [-0.39, 0.29) is 5.91 Å². The number of thioether (sulfide) groups is 1. The van der Waals surface area contributed by atoms with Gasteiger partial charge in [-0.1, -0.05) is 17.8 Å². The first-order chi connectivity index (χ1) is 10.6. The topological polar surface area (TPSA) is 38.1 Å². The molecule has 2 aromatic rings. The lowest BCUT2D eigenvalue weighted by Crippen LogP contribution is -2.29. The molecule has 4 nitrogen and oxygen atoms in total. The minimum atomic E-state index is 0.220. The van der Waals surface area contributed by atoms with E-state index in [1.165, 1.54) is 22.9 Å². The fourth-order valence-electron chi connectivity index (χ4n) is 2.65. The van der Waals surface area contributed by atoms with E-state index in [0.717, 1.165) is 36.8 Å². The highest BCUT2D eigenvalue weighted by atomic mass is 32.2. The van der Waals surface area contributed by atoms with Gasteiger partial charge in [0, 0.05) is 31.2 Å². The minimum Gasteiger partial charge on any atom is -0.342 e. The molecule has 1 aliphatic rings. The van der Waals surface area contributed by atoms with Gasteiger partial charge in [-0.05, 0) is 49.9 Å². The van der Waals surface area contributed by atoms with Crippen LogP contribution in [0.15, 0.2) is 35.7 Å². The molecule has 0 spiro atoms. The third-order valence-corrected chi connectivity index (χ3v) is 5.11. The van der Waals surface area contributed by atoms with Crippen LogP contribution in [0.4, 0.5) is 0 Å². The van der Waals surface area contributed by atoms with Gasteiger partial charge in [0.15, 0.2) is 5.16 Å². The van der Waals surface area contributed by atoms with Crippen molar-refractivity contribution >= 4 is 17.7 Å². The molecule has 22 heavy (non-hydrogen) atoms. The van der Waals surface area contributed by atoms with Crippen molar-refractivity contribution in [3.8, 4) is 5.69 Å². The zero-order valence-corrected chi connectivity index (χ0v) is 13.9. The Morgan fingerprint density at radius 1 is 1.23 bits per heavy atom. The van der Waals surface area contributed by atoms with Crippen molar-refractivity contribution < 1.29 is 4.79 Å². The Bertz CT molecular complexity index is 674. The second kappa shape index (κ2) is 6.57. The second-order valence-electron chi connectivity index (χ2n) is 5.72. The minimum absolute atomic E-state index is 0.220. The van der Waals surface area contributed by atoms with E-state index in [9.17, 15) is 4.79 Å². The Kier molecular flexibility index (Phi) is 4.52. The van der Waals surface area contributed by atoms with Crippen molar-refractivity contribution in [2.45, 2.75) is 31.8 Å². The largest absolute Gasteiger partial charge is 0.342 e. The second-order valence-corrected chi connectivity index (χ2v) is 6.67. The Labute approximate surface area is 135 Å². The number of carbonyl (C=O) groups is 1. The SMILES string of the molecule is Cc1ccc(-n2ccnc2SCC(=O)N2CCCC2)cc1C. The Morgan fingerprint density at radius 2 is 2.00 bits per heavy atom. The highest BCUT2D eigenvalue weighted by Crippen LogP contribution is 2.23. The van der Waals surface area contributed by atoms with Crippen LogP contribution in [0, 0.1) is 13.8 Å². The van der Waals surface area contributed by atoms with E-state index in [4.69, 9.17) is 0 Å². The molecule has 0 radical (unpaired) electrons. The summed E-state index contributed by atoms with van der Waals surface area (Å²) in [6.07, 6.45) is 6.01. The maximum atomic E-state index is 12.2. The number of aryl methyl sites for hydroxylation is 2. The fraction of sp³-hybridized carbons (Fsp3) is 0.412. The van der Waals surface area contributed by atoms with Gasteiger partial charge in [0.2, 0.25) is 5.91 Å². The van der Waals surface area contributed by atoms with Crippen LogP contribution < -0.4 is 0 Å². The number of nitrogens with zero attached hydrogens (tertiary/aromatic N) is 3. The van der Waals surface area contributed by atoms with Gasteiger partial charge in [0.25, 0.3) is 0 Å². The van der Waals surface area contributed by atoms with Crippen LogP contribution in [0.3, 0.4) is 0 Å². The van der Waals surface area contributed by atoms with Crippen molar-refractivity contribution in [2.24, 2.45) is 0 Å². The summed E-state index contributed by atoms with van der Waals surface area (Å²) in [4.78, 5) is 18.5. The number of rotatable bonds is 4. The highest BCUT2D eigenvalue weighted by Gasteiger charge is 2.18. The van der Waals surface area contributed by atoms with Crippen LogP contribution in [0.25, 0.3) is 5.69 Å². The van der Waals surface area contributed by atoms with E-state index < -0.39 is 0 Å². The smallest absolute Gasteiger partial charge is 0.233 e. The van der Waals surface area contributed by atoms with Gasteiger partial charge >= 0.3 is 0 Å². The molecule has 0 atom stereocenters. The predicted octanol–water partition coefficient (Wildman–Crippen LogP) is 3.20. The molecule has 5 heteroatoms. The highest BCUT2D eigenvalue weighted by molar-refractivity contribution is 7.99. The number of likely N-dealkylation sites (tertiary alicyclic amines) is 1. The summed E-state index contributed by atoms with van der Waals surface area (Å²) in [5.41, 5.74) is 3.63. The lowest BCUT2D eigenvalue weighted by molar-refractivity contribution is -0.127. The normalized spacial score (nSPS) is 14.5. The summed E-state index contributed by atoms with van der Waals surface area (Å²) >= 11 is 1.51. The van der Waals surface area contributed by atoms with E-state index in [1.807, 2.05) is 15.7 Å². The summed E-state index contributed by atoms with van der Waals surface area (Å²) in [5, 5.41) is 0.871. The fourth-order valence-corrected chi connectivity index (χ4v) is 3.53. The summed E-state index contributed by atoms with van der Waals surface area (Å²) in [6.45, 7) is 6.03. The number of carbonyl (C=O) groups excluding carboxylic acids is 1. The molecule has 3 rings (SSSR count). The van der Waals surface area contributed by atoms with Gasteiger partial charge in [-0.15, -0.1) is 0 Å². The molecular weight excluding hydrogens is 294 g/mol. The quantitative estimate of drug-likeness (QED) is 0.813. The lowest BCUT2D eigenvalue weighted by Gasteiger charge is -2.15. The van der Waals surface area contributed by atoms with Crippen molar-refractivity contribution in [1.29, 1.82) is 0 Å². The van der Waals surface area contributed by atoms with E-state index in [0.29, 0.717) is 5.75 Å². The van der Waals surface area contributed by atoms with Crippen molar-refractivity contribution in [2.75, 3.05) is 18.8 Å². The monoisotopic (exact) mass is 315 g/mol. The molecule has 2 heterocycles. The van der Waals surface area contributed by atoms with Gasteiger partial charge in [-0.3, -0.25) is 9.36 Å². The molecule has 1 aliphatic heterocycles. The Hall–Kier alpha value is -1.75. The molecule has 0 N–H and O–H groups in total. The molecule has 116 valence electrons. The average molecular weight is 315 g/mol. The van der Waals surface area contributed by atoms with Crippen molar-refractivity contribution in [1.82, 2.24) is 14.5 Å². The van der Waals surface area contributed by atoms with E-state index in [2.05, 4.69) is 37.0 Å². The first-order valence-corrected chi connectivity index (χ1v) is 8.65. The number of amides is 1. The van der Waals surface area contributed by atoms with Gasteiger partial charge < -0.3 is 4.90 Å². The lowest BCUT2D eigenvalue weighted by atomic mass is 10.1. The van der Waals surface area contributed by atoms with Gasteiger partial charge in [0.1, 0.15) is 0 Å². The van der Waals surface area contributed by atoms with Crippen molar-refractivity contribution in [3.05, 3.63) is 41.7 Å². The summed E-state index contributed by atoms with van der Waals surface area (Å²) in [5.74, 6) is 0.680. The van der Waals surface area contributed by atoms with Gasteiger partial charge in [-0.2, -0.15) is 0 Å². The van der Waals surface area contributed by atoms with Gasteiger partial charge in [0.05, 0.1) is 5.75 Å². The molecule has 0 unspecified atom stereocenters. The molecule has 1 aromatic carbocycles. The molecule has 0 aliphatic carbocycles. The molecule has 1 saturated heterocycles. The predicted molar refractivity (Wildman–Crippen MR) is 89.6 cm³/mol. The average Bonchev–Trinajstić information content (AvgIpc) is 3.18. The summed E-state index contributed by atoms with van der Waals surface area (Å²) in [6, 6.07) is 6.37. The Morgan fingerprint density at radius 3 is 2.73 bits per heavy atom. The zero-order valence-electron chi connectivity index (χ0n) is 13.1. The summed E-state index contributed by atoms with van der Waals surface area (Å²) < 4.78 is 2.05. The Balaban J connectivity index is 1.71. The maximum absolute atomic E-state index is 12.2. The molecule has 1 fully saturated rings. The number of hydrogen-bond acceptors (Lipinski definition) is 3. The molecule has 1 amide bonds. The zero-order chi connectivity index (χ0) is 15.5. The van der Waals surface area contributed by atoms with Crippen LogP contribution in [-0.4, -0.2) is 39.2 Å². The third kappa shape index (κ3) is 3.19. The first-order valence-electron chi connectivity index (χ1n) is 7.67. The van der Waals surface area contributed by atoms with Crippen LogP contribution >= 0.6 is 11.8 Å². The first kappa shape index (κ1) is 15.2. The van der Waals surface area contributed by atoms with Crippen molar-refractivity contribution in [3.63, 3.8) is 0 Å². The number of benzene rings is 1. The van der Waals surface area contributed by atoms with Crippen LogP contribution in [-0.2, 0) is 4.79 Å². The molecule has 1 aromatic heterocycles. The third-order valence-electron chi connectivity index (χ3n) is 4.16. The van der Waals surface area contributed by atoms with Gasteiger partial charge in [-0.25, -0.2) is 4.98 Å². The number of imidazole rings is 1. The van der Waals surface area contributed by atoms with E-state index in [1.54, 1.807) is 6.20 Å². The van der Waals surface area contributed by atoms with E-state index >= 15 is 0 Å². The number of aromatic nitrogens is 2.